The van der Waals surface area contributed by atoms with Gasteiger partial charge in [0.2, 0.25) is 0 Å². The molecular formula is C49H32N2OS. The van der Waals surface area contributed by atoms with Crippen molar-refractivity contribution in [2.24, 2.45) is 0 Å². The number of aromatic nitrogens is 1. The Morgan fingerprint density at radius 1 is 0.377 bits per heavy atom. The average Bonchev–Trinajstić information content (AvgIpc) is 3.82. The Morgan fingerprint density at radius 3 is 1.34 bits per heavy atom. The monoisotopic (exact) mass is 696 g/mol. The Morgan fingerprint density at radius 2 is 0.811 bits per heavy atom. The molecule has 0 amide bonds. The maximum absolute atomic E-state index is 6.47. The molecule has 0 radical (unpaired) electrons. The van der Waals surface area contributed by atoms with Gasteiger partial charge in [-0.3, -0.25) is 0 Å². The minimum absolute atomic E-state index is 0.876. The third-order valence-corrected chi connectivity index (χ3v) is 11.0. The van der Waals surface area contributed by atoms with Crippen molar-refractivity contribution in [2.45, 2.75) is 0 Å². The molecule has 0 aliphatic rings. The number of benzene rings is 8. The molecule has 0 N–H and O–H groups in total. The van der Waals surface area contributed by atoms with Gasteiger partial charge in [0.1, 0.15) is 16.2 Å². The first kappa shape index (κ1) is 31.0. The molecule has 0 saturated carbocycles. The molecule has 0 fully saturated rings. The van der Waals surface area contributed by atoms with Crippen LogP contribution in [-0.4, -0.2) is 4.98 Å². The van der Waals surface area contributed by atoms with Crippen molar-refractivity contribution in [3.8, 4) is 44.0 Å². The van der Waals surface area contributed by atoms with Crippen LogP contribution in [-0.2, 0) is 0 Å². The van der Waals surface area contributed by atoms with Crippen molar-refractivity contribution in [1.29, 1.82) is 0 Å². The topological polar surface area (TPSA) is 29.3 Å². The van der Waals surface area contributed by atoms with Crippen LogP contribution in [0.25, 0.3) is 76.1 Å². The number of fused-ring (bicyclic) bond motifs is 4. The molecule has 4 heteroatoms. The van der Waals surface area contributed by atoms with Gasteiger partial charge in [-0.15, -0.1) is 11.3 Å². The third kappa shape index (κ3) is 5.85. The van der Waals surface area contributed by atoms with E-state index in [1.807, 2.05) is 6.07 Å². The Balaban J connectivity index is 0.986. The van der Waals surface area contributed by atoms with E-state index in [1.165, 1.54) is 22.3 Å². The highest BCUT2D eigenvalue weighted by Gasteiger charge is 2.16. The summed E-state index contributed by atoms with van der Waals surface area (Å²) in [6, 6.07) is 68.7. The third-order valence-electron chi connectivity index (χ3n) is 9.93. The summed E-state index contributed by atoms with van der Waals surface area (Å²) in [5, 5.41) is 3.21. The van der Waals surface area contributed by atoms with Crippen LogP contribution in [0.2, 0.25) is 0 Å². The standard InChI is InChI=1S/C49H32N2OS/c1-4-10-33(11-5-1)35-16-23-40(24-17-35)51(41-25-18-36(19-26-41)34-12-6-2-7-13-34)42-27-20-37(21-28-42)39-22-29-43-44-31-45-48(32-47(44)52-46(43)30-39)53-49(50-45)38-14-8-3-9-15-38/h1-32H. The van der Waals surface area contributed by atoms with E-state index in [0.717, 1.165) is 70.9 Å². The highest BCUT2D eigenvalue weighted by molar-refractivity contribution is 7.21. The first-order valence-electron chi connectivity index (χ1n) is 17.8. The van der Waals surface area contributed by atoms with E-state index < -0.39 is 0 Å². The zero-order valence-corrected chi connectivity index (χ0v) is 29.5. The average molecular weight is 697 g/mol. The molecule has 8 aromatic carbocycles. The van der Waals surface area contributed by atoms with Crippen LogP contribution in [0.4, 0.5) is 17.1 Å². The summed E-state index contributed by atoms with van der Waals surface area (Å²) in [4.78, 5) is 7.28. The SMILES string of the molecule is c1ccc(-c2ccc(N(c3ccc(-c4ccccc4)cc3)c3ccc(-c4ccc5c(c4)oc4cc6sc(-c7ccccc7)nc6cc45)cc3)cc2)cc1. The molecular weight excluding hydrogens is 665 g/mol. The minimum atomic E-state index is 0.876. The maximum atomic E-state index is 6.47. The van der Waals surface area contributed by atoms with Gasteiger partial charge < -0.3 is 9.32 Å². The van der Waals surface area contributed by atoms with Crippen molar-refractivity contribution in [1.82, 2.24) is 4.98 Å². The zero-order chi connectivity index (χ0) is 35.1. The van der Waals surface area contributed by atoms with Crippen molar-refractivity contribution in [2.75, 3.05) is 4.90 Å². The lowest BCUT2D eigenvalue weighted by molar-refractivity contribution is 0.669. The predicted molar refractivity (Wildman–Crippen MR) is 223 cm³/mol. The fourth-order valence-corrected chi connectivity index (χ4v) is 8.18. The first-order chi connectivity index (χ1) is 26.2. The van der Waals surface area contributed by atoms with Crippen molar-refractivity contribution >= 4 is 60.6 Å². The Hall–Kier alpha value is -6.75. The molecule has 0 unspecified atom stereocenters. The second kappa shape index (κ2) is 13.1. The molecule has 10 aromatic rings. The molecule has 0 aliphatic heterocycles. The fourth-order valence-electron chi connectivity index (χ4n) is 7.20. The van der Waals surface area contributed by atoms with Crippen LogP contribution < -0.4 is 4.90 Å². The summed E-state index contributed by atoms with van der Waals surface area (Å²) in [6.07, 6.45) is 0. The van der Waals surface area contributed by atoms with Crippen LogP contribution >= 0.6 is 11.3 Å². The van der Waals surface area contributed by atoms with Gasteiger partial charge in [-0.05, 0) is 88.0 Å². The zero-order valence-electron chi connectivity index (χ0n) is 28.7. The lowest BCUT2D eigenvalue weighted by atomic mass is 10.0. The predicted octanol–water partition coefficient (Wildman–Crippen LogP) is 14.3. The molecule has 0 aliphatic carbocycles. The molecule has 0 saturated heterocycles. The summed E-state index contributed by atoms with van der Waals surface area (Å²) in [7, 11) is 0. The number of furan rings is 1. The molecule has 10 rings (SSSR count). The lowest BCUT2D eigenvalue weighted by Crippen LogP contribution is -2.09. The smallest absolute Gasteiger partial charge is 0.136 e. The second-order valence-electron chi connectivity index (χ2n) is 13.2. The van der Waals surface area contributed by atoms with Crippen LogP contribution in [0.15, 0.2) is 199 Å². The van der Waals surface area contributed by atoms with Crippen molar-refractivity contribution in [3.63, 3.8) is 0 Å². The van der Waals surface area contributed by atoms with Crippen LogP contribution in [0.5, 0.6) is 0 Å². The van der Waals surface area contributed by atoms with Gasteiger partial charge in [0, 0.05) is 39.5 Å². The molecule has 0 spiro atoms. The number of anilines is 3. The van der Waals surface area contributed by atoms with E-state index in [9.17, 15) is 0 Å². The van der Waals surface area contributed by atoms with Crippen molar-refractivity contribution in [3.05, 3.63) is 194 Å². The first-order valence-corrected chi connectivity index (χ1v) is 18.6. The quantitative estimate of drug-likeness (QED) is 0.166. The van der Waals surface area contributed by atoms with E-state index in [4.69, 9.17) is 9.40 Å². The van der Waals surface area contributed by atoms with Gasteiger partial charge in [0.15, 0.2) is 0 Å². The van der Waals surface area contributed by atoms with E-state index in [-0.39, 0.29) is 0 Å². The second-order valence-corrected chi connectivity index (χ2v) is 14.3. The fraction of sp³-hybridized carbons (Fsp3) is 0. The molecule has 0 bridgehead atoms. The van der Waals surface area contributed by atoms with Gasteiger partial charge >= 0.3 is 0 Å². The van der Waals surface area contributed by atoms with Crippen LogP contribution in [0, 0.1) is 0 Å². The normalized spacial score (nSPS) is 11.4. The van der Waals surface area contributed by atoms with E-state index >= 15 is 0 Å². The molecule has 250 valence electrons. The summed E-state index contributed by atoms with van der Waals surface area (Å²) < 4.78 is 7.59. The Bertz CT molecular complexity index is 2760. The van der Waals surface area contributed by atoms with Gasteiger partial charge in [0.05, 0.1) is 10.2 Å². The summed E-state index contributed by atoms with van der Waals surface area (Å²) in [6.45, 7) is 0. The summed E-state index contributed by atoms with van der Waals surface area (Å²) >= 11 is 1.70. The van der Waals surface area contributed by atoms with E-state index in [2.05, 4.69) is 193 Å². The van der Waals surface area contributed by atoms with Crippen LogP contribution in [0.1, 0.15) is 0 Å². The van der Waals surface area contributed by atoms with Gasteiger partial charge in [-0.1, -0.05) is 133 Å². The molecule has 3 nitrogen and oxygen atoms in total. The van der Waals surface area contributed by atoms with Gasteiger partial charge in [0.25, 0.3) is 0 Å². The number of hydrogen-bond acceptors (Lipinski definition) is 4. The molecule has 0 atom stereocenters. The molecule has 53 heavy (non-hydrogen) atoms. The molecule has 2 heterocycles. The van der Waals surface area contributed by atoms with Crippen LogP contribution in [0.3, 0.4) is 0 Å². The molecule has 2 aromatic heterocycles. The van der Waals surface area contributed by atoms with E-state index in [0.29, 0.717) is 0 Å². The van der Waals surface area contributed by atoms with E-state index in [1.54, 1.807) is 11.3 Å². The number of rotatable bonds is 7. The summed E-state index contributed by atoms with van der Waals surface area (Å²) in [5.41, 5.74) is 14.2. The number of nitrogens with zero attached hydrogens (tertiary/aromatic N) is 2. The van der Waals surface area contributed by atoms with Gasteiger partial charge in [-0.25, -0.2) is 4.98 Å². The largest absolute Gasteiger partial charge is 0.456 e. The maximum Gasteiger partial charge on any atom is 0.136 e. The lowest BCUT2D eigenvalue weighted by Gasteiger charge is -2.26. The number of hydrogen-bond donors (Lipinski definition) is 0. The Kier molecular flexibility index (Phi) is 7.67. The number of thiazole rings is 1. The van der Waals surface area contributed by atoms with Crippen molar-refractivity contribution < 1.29 is 4.42 Å². The Labute approximate surface area is 311 Å². The van der Waals surface area contributed by atoms with Gasteiger partial charge in [-0.2, -0.15) is 0 Å². The highest BCUT2D eigenvalue weighted by Crippen LogP contribution is 2.40. The summed E-state index contributed by atoms with van der Waals surface area (Å²) in [5.74, 6) is 0. The highest BCUT2D eigenvalue weighted by atomic mass is 32.1. The minimum Gasteiger partial charge on any atom is -0.456 e.